The maximum Gasteiger partial charge on any atom is 0.313 e. The van der Waals surface area contributed by atoms with Crippen LogP contribution in [0.5, 0.6) is 0 Å². The van der Waals surface area contributed by atoms with Gasteiger partial charge in [0.25, 0.3) is 5.91 Å². The molecule has 0 radical (unpaired) electrons. The zero-order chi connectivity index (χ0) is 18.8. The van der Waals surface area contributed by atoms with Gasteiger partial charge < -0.3 is 15.4 Å². The lowest BCUT2D eigenvalue weighted by molar-refractivity contribution is -0.144. The number of rotatable bonds is 8. The van der Waals surface area contributed by atoms with Crippen LogP contribution in [0, 0.1) is 0 Å². The number of ketones is 1. The summed E-state index contributed by atoms with van der Waals surface area (Å²) >= 11 is 0. The standard InChI is InChI=1S/C20H20N2O4/c1-2-26-19(24)14-17(23)13-18(21-15-9-5-3-6-10-15)20(25)22-16-11-7-4-8-12-16/h3-13,21H,2,14H2,1H3,(H,22,25)/b18-13-. The monoisotopic (exact) mass is 352 g/mol. The summed E-state index contributed by atoms with van der Waals surface area (Å²) in [6.45, 7) is 1.85. The second-order valence-electron chi connectivity index (χ2n) is 5.32. The molecule has 2 rings (SSSR count). The Balaban J connectivity index is 2.17. The first-order chi connectivity index (χ1) is 12.6. The van der Waals surface area contributed by atoms with E-state index in [-0.39, 0.29) is 12.3 Å². The van der Waals surface area contributed by atoms with Crippen molar-refractivity contribution >= 4 is 29.0 Å². The molecule has 0 heterocycles. The number of nitrogens with one attached hydrogen (secondary N) is 2. The molecule has 2 aromatic carbocycles. The van der Waals surface area contributed by atoms with Crippen LogP contribution in [-0.4, -0.2) is 24.3 Å². The van der Waals surface area contributed by atoms with Crippen molar-refractivity contribution in [3.8, 4) is 0 Å². The molecule has 26 heavy (non-hydrogen) atoms. The highest BCUT2D eigenvalue weighted by molar-refractivity contribution is 6.12. The fourth-order valence-corrected chi connectivity index (χ4v) is 2.12. The molecule has 1 amide bonds. The molecule has 0 saturated heterocycles. The van der Waals surface area contributed by atoms with Crippen LogP contribution < -0.4 is 10.6 Å². The van der Waals surface area contributed by atoms with Crippen LogP contribution in [0.2, 0.25) is 0 Å². The van der Waals surface area contributed by atoms with Gasteiger partial charge in [0.1, 0.15) is 12.1 Å². The van der Waals surface area contributed by atoms with Crippen molar-refractivity contribution in [2.45, 2.75) is 13.3 Å². The Morgan fingerprint density at radius 1 is 0.885 bits per heavy atom. The van der Waals surface area contributed by atoms with Crippen LogP contribution in [0.4, 0.5) is 11.4 Å². The minimum absolute atomic E-state index is 0.0364. The lowest BCUT2D eigenvalue weighted by Crippen LogP contribution is -2.21. The molecule has 134 valence electrons. The van der Waals surface area contributed by atoms with Gasteiger partial charge in [-0.05, 0) is 31.2 Å². The SMILES string of the molecule is CCOC(=O)CC(=O)/C=C(\Nc1ccccc1)C(=O)Nc1ccccc1. The number of carbonyl (C=O) groups is 3. The third-order valence-electron chi connectivity index (χ3n) is 3.26. The van der Waals surface area contributed by atoms with E-state index in [1.807, 2.05) is 12.1 Å². The Morgan fingerprint density at radius 3 is 1.96 bits per heavy atom. The number of esters is 1. The number of ether oxygens (including phenoxy) is 1. The highest BCUT2D eigenvalue weighted by Gasteiger charge is 2.15. The highest BCUT2D eigenvalue weighted by atomic mass is 16.5. The summed E-state index contributed by atoms with van der Waals surface area (Å²) in [5.41, 5.74) is 1.27. The minimum Gasteiger partial charge on any atom is -0.466 e. The Kier molecular flexibility index (Phi) is 7.12. The smallest absolute Gasteiger partial charge is 0.313 e. The summed E-state index contributed by atoms with van der Waals surface area (Å²) in [6.07, 6.45) is 0.689. The largest absolute Gasteiger partial charge is 0.466 e. The molecule has 2 N–H and O–H groups in total. The van der Waals surface area contributed by atoms with Crippen LogP contribution in [0.1, 0.15) is 13.3 Å². The molecule has 0 aliphatic heterocycles. The molecule has 0 aromatic heterocycles. The first-order valence-corrected chi connectivity index (χ1v) is 8.17. The van der Waals surface area contributed by atoms with Gasteiger partial charge in [-0.25, -0.2) is 0 Å². The zero-order valence-corrected chi connectivity index (χ0v) is 14.4. The molecular formula is C20H20N2O4. The van der Waals surface area contributed by atoms with E-state index in [9.17, 15) is 14.4 Å². The van der Waals surface area contributed by atoms with Gasteiger partial charge in [-0.2, -0.15) is 0 Å². The fourth-order valence-electron chi connectivity index (χ4n) is 2.12. The summed E-state index contributed by atoms with van der Waals surface area (Å²) < 4.78 is 4.76. The van der Waals surface area contributed by atoms with Crippen molar-refractivity contribution in [3.63, 3.8) is 0 Å². The Hall–Kier alpha value is -3.41. The molecule has 2 aromatic rings. The molecule has 0 aliphatic rings. The number of hydrogen-bond acceptors (Lipinski definition) is 5. The van der Waals surface area contributed by atoms with Crippen molar-refractivity contribution in [2.24, 2.45) is 0 Å². The van der Waals surface area contributed by atoms with E-state index < -0.39 is 24.1 Å². The topological polar surface area (TPSA) is 84.5 Å². The lowest BCUT2D eigenvalue weighted by Gasteiger charge is -2.11. The van der Waals surface area contributed by atoms with Crippen molar-refractivity contribution in [1.29, 1.82) is 0 Å². The minimum atomic E-state index is -0.628. The fraction of sp³-hybridized carbons (Fsp3) is 0.150. The average Bonchev–Trinajstić information content (AvgIpc) is 2.63. The molecule has 0 spiro atoms. The molecule has 6 nitrogen and oxygen atoms in total. The van der Waals surface area contributed by atoms with Crippen LogP contribution in [-0.2, 0) is 19.1 Å². The maximum atomic E-state index is 12.6. The average molecular weight is 352 g/mol. The Labute approximate surface area is 151 Å². The molecule has 0 aliphatic carbocycles. The van der Waals surface area contributed by atoms with E-state index in [2.05, 4.69) is 10.6 Å². The van der Waals surface area contributed by atoms with Crippen LogP contribution in [0.15, 0.2) is 72.4 Å². The number of hydrogen-bond donors (Lipinski definition) is 2. The summed E-state index contributed by atoms with van der Waals surface area (Å²) in [5.74, 6) is -1.64. The maximum absolute atomic E-state index is 12.6. The quantitative estimate of drug-likeness (QED) is 0.433. The molecule has 0 fully saturated rings. The number of allylic oxidation sites excluding steroid dienone is 1. The number of carbonyl (C=O) groups excluding carboxylic acids is 3. The van der Waals surface area contributed by atoms with Crippen molar-refractivity contribution in [2.75, 3.05) is 17.2 Å². The van der Waals surface area contributed by atoms with Crippen LogP contribution >= 0.6 is 0 Å². The van der Waals surface area contributed by atoms with E-state index >= 15 is 0 Å². The van der Waals surface area contributed by atoms with Gasteiger partial charge in [0.2, 0.25) is 0 Å². The van der Waals surface area contributed by atoms with E-state index in [0.717, 1.165) is 6.08 Å². The van der Waals surface area contributed by atoms with E-state index in [0.29, 0.717) is 11.4 Å². The lowest BCUT2D eigenvalue weighted by atomic mass is 10.2. The number of amides is 1. The summed E-state index contributed by atoms with van der Waals surface area (Å²) in [5, 5.41) is 5.62. The van der Waals surface area contributed by atoms with Gasteiger partial charge in [0.05, 0.1) is 6.61 Å². The zero-order valence-electron chi connectivity index (χ0n) is 14.4. The third kappa shape index (κ3) is 6.24. The predicted molar refractivity (Wildman–Crippen MR) is 99.5 cm³/mol. The van der Waals surface area contributed by atoms with Gasteiger partial charge in [0, 0.05) is 17.5 Å². The van der Waals surface area contributed by atoms with E-state index in [1.54, 1.807) is 55.5 Å². The van der Waals surface area contributed by atoms with Crippen LogP contribution in [0.25, 0.3) is 0 Å². The number of benzene rings is 2. The normalized spacial score (nSPS) is 10.7. The molecule has 0 unspecified atom stereocenters. The van der Waals surface area contributed by atoms with E-state index in [4.69, 9.17) is 4.74 Å². The van der Waals surface area contributed by atoms with Gasteiger partial charge in [0.15, 0.2) is 5.78 Å². The summed E-state index contributed by atoms with van der Waals surface area (Å²) in [7, 11) is 0. The van der Waals surface area contributed by atoms with Gasteiger partial charge in [-0.3, -0.25) is 14.4 Å². The Morgan fingerprint density at radius 2 is 1.42 bits per heavy atom. The molecular weight excluding hydrogens is 332 g/mol. The van der Waals surface area contributed by atoms with Crippen LogP contribution in [0.3, 0.4) is 0 Å². The molecule has 0 saturated carbocycles. The summed E-state index contributed by atoms with van der Waals surface area (Å²) in [4.78, 5) is 36.1. The van der Waals surface area contributed by atoms with Crippen molar-refractivity contribution < 1.29 is 19.1 Å². The molecule has 6 heteroatoms. The molecule has 0 bridgehead atoms. The first kappa shape index (κ1) is 18.9. The first-order valence-electron chi connectivity index (χ1n) is 8.17. The number of para-hydroxylation sites is 2. The van der Waals surface area contributed by atoms with E-state index in [1.165, 1.54) is 0 Å². The van der Waals surface area contributed by atoms with Gasteiger partial charge in [-0.1, -0.05) is 36.4 Å². The predicted octanol–water partition coefficient (Wildman–Crippen LogP) is 3.14. The number of anilines is 2. The van der Waals surface area contributed by atoms with Crippen molar-refractivity contribution in [1.82, 2.24) is 0 Å². The van der Waals surface area contributed by atoms with Gasteiger partial charge >= 0.3 is 5.97 Å². The Bertz CT molecular complexity index is 786. The second-order valence-corrected chi connectivity index (χ2v) is 5.32. The highest BCUT2D eigenvalue weighted by Crippen LogP contribution is 2.13. The van der Waals surface area contributed by atoms with Gasteiger partial charge in [-0.15, -0.1) is 0 Å². The summed E-state index contributed by atoms with van der Waals surface area (Å²) in [6, 6.07) is 17.8. The third-order valence-corrected chi connectivity index (χ3v) is 3.26. The second kappa shape index (κ2) is 9.78. The molecule has 0 atom stereocenters. The van der Waals surface area contributed by atoms with Crippen molar-refractivity contribution in [3.05, 3.63) is 72.4 Å².